The third-order valence-corrected chi connectivity index (χ3v) is 5.64. The van der Waals surface area contributed by atoms with Crippen LogP contribution in [0.2, 0.25) is 0 Å². The number of aliphatic carboxylic acids is 1. The van der Waals surface area contributed by atoms with Gasteiger partial charge in [0.15, 0.2) is 0 Å². The highest BCUT2D eigenvalue weighted by atomic mass is 19.4. The highest BCUT2D eigenvalue weighted by Crippen LogP contribution is 2.38. The Bertz CT molecular complexity index is 1490. The van der Waals surface area contributed by atoms with E-state index in [4.69, 9.17) is 25.7 Å². The zero-order chi connectivity index (χ0) is 28.2. The maximum absolute atomic E-state index is 14.1. The molecule has 4 aromatic rings. The Hall–Kier alpha value is -5.00. The van der Waals surface area contributed by atoms with Crippen molar-refractivity contribution in [2.45, 2.75) is 18.7 Å². The third-order valence-electron chi connectivity index (χ3n) is 5.64. The maximum Gasteiger partial charge on any atom is 0.429 e. The van der Waals surface area contributed by atoms with Gasteiger partial charge in [0, 0.05) is 35.4 Å². The quantitative estimate of drug-likeness (QED) is 0.249. The van der Waals surface area contributed by atoms with Crippen molar-refractivity contribution in [3.63, 3.8) is 0 Å². The van der Waals surface area contributed by atoms with Gasteiger partial charge >= 0.3 is 12.1 Å². The number of nitrogens with two attached hydrogens (primary N) is 1. The lowest BCUT2D eigenvalue weighted by Crippen LogP contribution is -2.26. The number of nitrogen functional groups attached to an aromatic ring is 1. The Morgan fingerprint density at radius 2 is 1.67 bits per heavy atom. The van der Waals surface area contributed by atoms with Crippen molar-refractivity contribution in [1.82, 2.24) is 15.0 Å². The molecule has 0 fully saturated rings. The Morgan fingerprint density at radius 3 is 2.28 bits per heavy atom. The summed E-state index contributed by atoms with van der Waals surface area (Å²) in [7, 11) is 1.49. The molecule has 39 heavy (non-hydrogen) atoms. The molecule has 0 amide bonds. The Balaban J connectivity index is 1.59. The van der Waals surface area contributed by atoms with Crippen LogP contribution in [-0.2, 0) is 11.2 Å². The standard InChI is InChI=1S/C27H22F3N5O4/c1-38-20-11-19(13-33-14-20)16-6-8-18(9-7-16)24(27(28,29)30)39-23-12-22(34-26(32)35-23)17-4-2-15(3-5-17)10-21(31)25(36)37/h2-9,11-14,24,31H,10H2,1H3,(H,36,37)(H2,32,34,35)/t24-/m0/s1. The second kappa shape index (κ2) is 11.2. The fraction of sp³-hybridized carbons (Fsp3) is 0.148. The molecule has 0 bridgehead atoms. The average molecular weight is 537 g/mol. The van der Waals surface area contributed by atoms with Gasteiger partial charge in [-0.15, -0.1) is 0 Å². The highest BCUT2D eigenvalue weighted by Gasteiger charge is 2.43. The molecule has 0 radical (unpaired) electrons. The van der Waals surface area contributed by atoms with Crippen molar-refractivity contribution in [1.29, 1.82) is 5.41 Å². The molecular formula is C27H22F3N5O4. The number of anilines is 1. The minimum absolute atomic E-state index is 0.0870. The van der Waals surface area contributed by atoms with Gasteiger partial charge in [0.25, 0.3) is 0 Å². The van der Waals surface area contributed by atoms with Gasteiger partial charge < -0.3 is 20.3 Å². The number of carbonyl (C=O) groups is 1. The predicted molar refractivity (Wildman–Crippen MR) is 137 cm³/mol. The van der Waals surface area contributed by atoms with E-state index in [0.29, 0.717) is 28.0 Å². The van der Waals surface area contributed by atoms with Gasteiger partial charge in [0.05, 0.1) is 19.0 Å². The zero-order valence-corrected chi connectivity index (χ0v) is 20.4. The van der Waals surface area contributed by atoms with Gasteiger partial charge in [0.2, 0.25) is 17.9 Å². The van der Waals surface area contributed by atoms with Gasteiger partial charge in [-0.25, -0.2) is 9.78 Å². The second-order valence-electron chi connectivity index (χ2n) is 8.38. The number of nitrogens with zero attached hydrogens (tertiary/aromatic N) is 3. The van der Waals surface area contributed by atoms with Crippen molar-refractivity contribution >= 4 is 17.6 Å². The van der Waals surface area contributed by atoms with Crippen LogP contribution < -0.4 is 15.2 Å². The van der Waals surface area contributed by atoms with E-state index in [1.165, 1.54) is 43.6 Å². The van der Waals surface area contributed by atoms with Crippen LogP contribution in [0.3, 0.4) is 0 Å². The summed E-state index contributed by atoms with van der Waals surface area (Å²) >= 11 is 0. The van der Waals surface area contributed by atoms with Crippen molar-refractivity contribution < 1.29 is 32.5 Å². The Kier molecular flexibility index (Phi) is 7.75. The normalized spacial score (nSPS) is 12.0. The van der Waals surface area contributed by atoms with E-state index in [1.807, 2.05) is 0 Å². The molecule has 0 aliphatic carbocycles. The zero-order valence-electron chi connectivity index (χ0n) is 20.4. The lowest BCUT2D eigenvalue weighted by atomic mass is 10.0. The summed E-state index contributed by atoms with van der Waals surface area (Å²) < 4.78 is 52.6. The smallest absolute Gasteiger partial charge is 0.429 e. The molecule has 0 aliphatic rings. The minimum atomic E-state index is -4.77. The van der Waals surface area contributed by atoms with Crippen LogP contribution in [0.4, 0.5) is 19.1 Å². The first-order valence-corrected chi connectivity index (χ1v) is 11.4. The van der Waals surface area contributed by atoms with Gasteiger partial charge in [-0.05, 0) is 17.2 Å². The highest BCUT2D eigenvalue weighted by molar-refractivity contribution is 6.34. The predicted octanol–water partition coefficient (Wildman–Crippen LogP) is 5.13. The minimum Gasteiger partial charge on any atom is -0.495 e. The van der Waals surface area contributed by atoms with E-state index in [0.717, 1.165) is 0 Å². The molecule has 4 rings (SSSR count). The molecule has 9 nitrogen and oxygen atoms in total. The summed E-state index contributed by atoms with van der Waals surface area (Å²) in [6, 6.07) is 15.0. The second-order valence-corrected chi connectivity index (χ2v) is 8.38. The van der Waals surface area contributed by atoms with Crippen LogP contribution in [0.15, 0.2) is 73.1 Å². The summed E-state index contributed by atoms with van der Waals surface area (Å²) in [5.74, 6) is -1.48. The molecule has 1 atom stereocenters. The van der Waals surface area contributed by atoms with Crippen molar-refractivity contribution in [3.8, 4) is 34.0 Å². The van der Waals surface area contributed by atoms with Crippen LogP contribution in [-0.4, -0.2) is 45.0 Å². The molecule has 0 spiro atoms. The van der Waals surface area contributed by atoms with Crippen LogP contribution in [0.1, 0.15) is 17.2 Å². The number of halogens is 3. The van der Waals surface area contributed by atoms with Gasteiger partial charge in [-0.2, -0.15) is 18.2 Å². The molecule has 4 N–H and O–H groups in total. The van der Waals surface area contributed by atoms with E-state index in [1.54, 1.807) is 36.5 Å². The number of benzene rings is 2. The SMILES string of the molecule is COc1cncc(-c2ccc([C@H](Oc3cc(-c4ccc(CC(=N)C(=O)O)cc4)nc(N)n3)C(F)(F)F)cc2)c1. The number of carboxylic acids is 1. The fourth-order valence-corrected chi connectivity index (χ4v) is 3.71. The van der Waals surface area contributed by atoms with E-state index in [-0.39, 0.29) is 29.5 Å². The topological polar surface area (TPSA) is 144 Å². The molecule has 12 heteroatoms. The van der Waals surface area contributed by atoms with Gasteiger partial charge in [-0.3, -0.25) is 10.4 Å². The summed E-state index contributed by atoms with van der Waals surface area (Å²) in [6.45, 7) is 0. The van der Waals surface area contributed by atoms with Crippen molar-refractivity contribution in [2.24, 2.45) is 0 Å². The molecule has 0 saturated carbocycles. The summed E-state index contributed by atoms with van der Waals surface area (Å²) in [5.41, 5.74) is 7.71. The average Bonchev–Trinajstić information content (AvgIpc) is 2.91. The number of alkyl halides is 3. The van der Waals surface area contributed by atoms with E-state index < -0.39 is 24.0 Å². The first-order valence-electron chi connectivity index (χ1n) is 11.4. The first kappa shape index (κ1) is 27.0. The van der Waals surface area contributed by atoms with E-state index in [2.05, 4.69) is 15.0 Å². The number of rotatable bonds is 9. The lowest BCUT2D eigenvalue weighted by Gasteiger charge is -2.22. The summed E-state index contributed by atoms with van der Waals surface area (Å²) in [4.78, 5) is 22.8. The number of ether oxygens (including phenoxy) is 2. The molecule has 0 unspecified atom stereocenters. The van der Waals surface area contributed by atoms with Crippen LogP contribution in [0.25, 0.3) is 22.4 Å². The van der Waals surface area contributed by atoms with Crippen LogP contribution in [0, 0.1) is 5.41 Å². The number of aromatic nitrogens is 3. The number of pyridine rings is 1. The summed E-state index contributed by atoms with van der Waals surface area (Å²) in [5, 5.41) is 16.3. The van der Waals surface area contributed by atoms with Crippen molar-refractivity contribution in [3.05, 3.63) is 84.2 Å². The molecule has 0 saturated heterocycles. The number of methoxy groups -OCH3 is 1. The van der Waals surface area contributed by atoms with Gasteiger partial charge in [-0.1, -0.05) is 48.5 Å². The third kappa shape index (κ3) is 6.66. The van der Waals surface area contributed by atoms with E-state index >= 15 is 0 Å². The molecule has 2 aromatic carbocycles. The van der Waals surface area contributed by atoms with E-state index in [9.17, 15) is 18.0 Å². The molecular weight excluding hydrogens is 515 g/mol. The number of nitrogens with one attached hydrogen (secondary N) is 1. The number of carboxylic acid groups (broad SMARTS) is 1. The Labute approximate surface area is 220 Å². The number of hydrogen-bond acceptors (Lipinski definition) is 8. The molecule has 200 valence electrons. The number of hydrogen-bond donors (Lipinski definition) is 3. The first-order chi connectivity index (χ1) is 18.5. The molecule has 2 heterocycles. The van der Waals surface area contributed by atoms with Gasteiger partial charge in [0.1, 0.15) is 11.5 Å². The largest absolute Gasteiger partial charge is 0.495 e. The fourth-order valence-electron chi connectivity index (χ4n) is 3.71. The molecule has 0 aliphatic heterocycles. The van der Waals surface area contributed by atoms with Crippen LogP contribution >= 0.6 is 0 Å². The monoisotopic (exact) mass is 537 g/mol. The maximum atomic E-state index is 14.1. The lowest BCUT2D eigenvalue weighted by molar-refractivity contribution is -0.198. The van der Waals surface area contributed by atoms with Crippen molar-refractivity contribution in [2.75, 3.05) is 12.8 Å². The Morgan fingerprint density at radius 1 is 1.00 bits per heavy atom. The summed E-state index contributed by atoms with van der Waals surface area (Å²) in [6.07, 6.45) is -4.09. The molecule has 2 aromatic heterocycles. The van der Waals surface area contributed by atoms with Crippen LogP contribution in [0.5, 0.6) is 11.6 Å².